The lowest BCUT2D eigenvalue weighted by molar-refractivity contribution is 0.108. The lowest BCUT2D eigenvalue weighted by Gasteiger charge is -2.24. The van der Waals surface area contributed by atoms with Crippen LogP contribution in [0.4, 0.5) is 0 Å². The zero-order chi connectivity index (χ0) is 7.78. The summed E-state index contributed by atoms with van der Waals surface area (Å²) in [6.45, 7) is 1.64. The van der Waals surface area contributed by atoms with Gasteiger partial charge in [0.1, 0.15) is 5.60 Å². The summed E-state index contributed by atoms with van der Waals surface area (Å²) in [5, 5.41) is 10.2. The average Bonchev–Trinajstić information content (AvgIpc) is 1.83. The van der Waals surface area contributed by atoms with Crippen molar-refractivity contribution in [3.05, 3.63) is 22.2 Å². The highest BCUT2D eigenvalue weighted by atomic mass is 35.5. The second-order valence-electron chi connectivity index (χ2n) is 2.54. The Labute approximate surface area is 69.9 Å². The van der Waals surface area contributed by atoms with E-state index in [-0.39, 0.29) is 0 Å². The molecule has 0 aromatic carbocycles. The molecular weight excluding hydrogens is 171 g/mol. The third kappa shape index (κ3) is 1.36. The lowest BCUT2D eigenvalue weighted by Crippen LogP contribution is -2.25. The van der Waals surface area contributed by atoms with Crippen LogP contribution in [0, 0.1) is 0 Å². The summed E-state index contributed by atoms with van der Waals surface area (Å²) >= 11 is 11.4. The highest BCUT2D eigenvalue weighted by molar-refractivity contribution is 6.41. The monoisotopic (exact) mass is 178 g/mol. The zero-order valence-electron chi connectivity index (χ0n) is 5.56. The molecular formula is C7H8Cl2O. The number of hydrogen-bond donors (Lipinski definition) is 1. The first-order valence-electron chi connectivity index (χ1n) is 2.99. The van der Waals surface area contributed by atoms with Crippen LogP contribution in [0.2, 0.25) is 0 Å². The van der Waals surface area contributed by atoms with Crippen molar-refractivity contribution < 1.29 is 5.11 Å². The van der Waals surface area contributed by atoms with E-state index in [1.54, 1.807) is 19.1 Å². The molecule has 56 valence electrons. The van der Waals surface area contributed by atoms with Gasteiger partial charge in [0.05, 0.1) is 10.1 Å². The number of halogens is 2. The molecule has 1 rings (SSSR count). The summed E-state index contributed by atoms with van der Waals surface area (Å²) in [6.07, 6.45) is 4.03. The maximum absolute atomic E-state index is 9.49. The third-order valence-electron chi connectivity index (χ3n) is 1.46. The van der Waals surface area contributed by atoms with Crippen LogP contribution in [0.15, 0.2) is 22.2 Å². The molecule has 0 bridgehead atoms. The van der Waals surface area contributed by atoms with Gasteiger partial charge >= 0.3 is 0 Å². The SMILES string of the molecule is CC1(O)CC=CC(Cl)=C1Cl. The molecule has 0 radical (unpaired) electrons. The van der Waals surface area contributed by atoms with E-state index in [1.807, 2.05) is 0 Å². The maximum Gasteiger partial charge on any atom is 0.102 e. The van der Waals surface area contributed by atoms with Gasteiger partial charge in [0.15, 0.2) is 0 Å². The Balaban J connectivity index is 2.99. The van der Waals surface area contributed by atoms with Gasteiger partial charge in [-0.3, -0.25) is 0 Å². The molecule has 1 atom stereocenters. The molecule has 0 amide bonds. The molecule has 10 heavy (non-hydrogen) atoms. The van der Waals surface area contributed by atoms with E-state index in [4.69, 9.17) is 23.2 Å². The highest BCUT2D eigenvalue weighted by Gasteiger charge is 2.27. The fourth-order valence-corrected chi connectivity index (χ4v) is 1.24. The first kappa shape index (κ1) is 8.12. The van der Waals surface area contributed by atoms with Crippen molar-refractivity contribution in [3.8, 4) is 0 Å². The van der Waals surface area contributed by atoms with Crippen molar-refractivity contribution >= 4 is 23.2 Å². The Bertz CT molecular complexity index is 204. The van der Waals surface area contributed by atoms with Crippen LogP contribution >= 0.6 is 23.2 Å². The van der Waals surface area contributed by atoms with Crippen molar-refractivity contribution in [1.82, 2.24) is 0 Å². The van der Waals surface area contributed by atoms with Crippen molar-refractivity contribution in [2.75, 3.05) is 0 Å². The predicted octanol–water partition coefficient (Wildman–Crippen LogP) is 2.39. The van der Waals surface area contributed by atoms with Crippen LogP contribution in [0.3, 0.4) is 0 Å². The Morgan fingerprint density at radius 2 is 2.20 bits per heavy atom. The molecule has 1 aliphatic carbocycles. The minimum atomic E-state index is -0.965. The Hall–Kier alpha value is 0.0200. The van der Waals surface area contributed by atoms with Gasteiger partial charge in [-0.2, -0.15) is 0 Å². The van der Waals surface area contributed by atoms with Crippen LogP contribution in [0.25, 0.3) is 0 Å². The summed E-state index contributed by atoms with van der Waals surface area (Å²) in [5.41, 5.74) is -0.965. The zero-order valence-corrected chi connectivity index (χ0v) is 7.08. The first-order valence-corrected chi connectivity index (χ1v) is 3.74. The number of hydrogen-bond acceptors (Lipinski definition) is 1. The molecule has 0 aliphatic heterocycles. The third-order valence-corrected chi connectivity index (χ3v) is 2.48. The molecule has 1 N–H and O–H groups in total. The molecule has 0 heterocycles. The lowest BCUT2D eigenvalue weighted by atomic mass is 9.98. The molecule has 0 saturated carbocycles. The van der Waals surface area contributed by atoms with Gasteiger partial charge in [-0.05, 0) is 19.4 Å². The summed E-state index contributed by atoms with van der Waals surface area (Å²) in [4.78, 5) is 0. The van der Waals surface area contributed by atoms with E-state index in [0.29, 0.717) is 16.5 Å². The van der Waals surface area contributed by atoms with Gasteiger partial charge in [-0.1, -0.05) is 29.3 Å². The summed E-state index contributed by atoms with van der Waals surface area (Å²) in [5.74, 6) is 0. The largest absolute Gasteiger partial charge is 0.384 e. The normalized spacial score (nSPS) is 33.2. The number of aliphatic hydroxyl groups is 1. The van der Waals surface area contributed by atoms with Crippen LogP contribution in [-0.4, -0.2) is 10.7 Å². The second-order valence-corrected chi connectivity index (χ2v) is 3.33. The van der Waals surface area contributed by atoms with E-state index in [9.17, 15) is 5.11 Å². The van der Waals surface area contributed by atoms with Gasteiger partial charge in [-0.25, -0.2) is 0 Å². The Morgan fingerprint density at radius 1 is 1.60 bits per heavy atom. The first-order chi connectivity index (χ1) is 4.54. The molecule has 0 aromatic heterocycles. The quantitative estimate of drug-likeness (QED) is 0.605. The molecule has 1 aliphatic rings. The van der Waals surface area contributed by atoms with Gasteiger partial charge in [-0.15, -0.1) is 0 Å². The number of allylic oxidation sites excluding steroid dienone is 2. The predicted molar refractivity (Wildman–Crippen MR) is 43.1 cm³/mol. The summed E-state index contributed by atoms with van der Waals surface area (Å²) in [6, 6.07) is 0. The number of rotatable bonds is 0. The van der Waals surface area contributed by atoms with E-state index in [1.165, 1.54) is 0 Å². The van der Waals surface area contributed by atoms with Crippen LogP contribution in [0.5, 0.6) is 0 Å². The van der Waals surface area contributed by atoms with E-state index < -0.39 is 5.60 Å². The van der Waals surface area contributed by atoms with Gasteiger partial charge in [0.2, 0.25) is 0 Å². The van der Waals surface area contributed by atoms with Crippen LogP contribution in [0.1, 0.15) is 13.3 Å². The standard InChI is InChI=1S/C7H8Cl2O/c1-7(10)4-2-3-5(8)6(7)9/h2-3,10H,4H2,1H3. The topological polar surface area (TPSA) is 20.2 Å². The van der Waals surface area contributed by atoms with Gasteiger partial charge < -0.3 is 5.11 Å². The summed E-state index contributed by atoms with van der Waals surface area (Å²) in [7, 11) is 0. The molecule has 0 saturated heterocycles. The van der Waals surface area contributed by atoms with Crippen LogP contribution in [-0.2, 0) is 0 Å². The minimum absolute atomic E-state index is 0.330. The molecule has 1 nitrogen and oxygen atoms in total. The molecule has 1 unspecified atom stereocenters. The molecule has 3 heteroatoms. The average molecular weight is 179 g/mol. The molecule has 0 spiro atoms. The van der Waals surface area contributed by atoms with Gasteiger partial charge in [0, 0.05) is 0 Å². The smallest absolute Gasteiger partial charge is 0.102 e. The second kappa shape index (κ2) is 2.57. The van der Waals surface area contributed by atoms with Gasteiger partial charge in [0.25, 0.3) is 0 Å². The van der Waals surface area contributed by atoms with Crippen molar-refractivity contribution in [2.24, 2.45) is 0 Å². The maximum atomic E-state index is 9.49. The molecule has 0 fully saturated rings. The van der Waals surface area contributed by atoms with Crippen molar-refractivity contribution in [1.29, 1.82) is 0 Å². The van der Waals surface area contributed by atoms with E-state index in [0.717, 1.165) is 0 Å². The fraction of sp³-hybridized carbons (Fsp3) is 0.429. The fourth-order valence-electron chi connectivity index (χ4n) is 0.812. The molecule has 0 aromatic rings. The Morgan fingerprint density at radius 3 is 2.60 bits per heavy atom. The van der Waals surface area contributed by atoms with Crippen LogP contribution < -0.4 is 0 Å². The Kier molecular flexibility index (Phi) is 2.09. The van der Waals surface area contributed by atoms with Crippen molar-refractivity contribution in [3.63, 3.8) is 0 Å². The van der Waals surface area contributed by atoms with E-state index >= 15 is 0 Å². The summed E-state index contributed by atoms with van der Waals surface area (Å²) < 4.78 is 0. The van der Waals surface area contributed by atoms with E-state index in [2.05, 4.69) is 0 Å². The highest BCUT2D eigenvalue weighted by Crippen LogP contribution is 2.33. The van der Waals surface area contributed by atoms with Crippen molar-refractivity contribution in [2.45, 2.75) is 18.9 Å². The minimum Gasteiger partial charge on any atom is -0.384 e.